The van der Waals surface area contributed by atoms with Crippen molar-refractivity contribution in [2.45, 2.75) is 69.2 Å². The number of nitrogens with zero attached hydrogens (tertiary/aromatic N) is 4. The number of aromatic amines is 2. The van der Waals surface area contributed by atoms with Crippen molar-refractivity contribution in [3.05, 3.63) is 72.6 Å². The molecule has 4 amide bonds. The number of methoxy groups -OCH3 is 3. The average Bonchev–Trinajstić information content (AvgIpc) is 4.05. The Balaban J connectivity index is 1.11. The molecule has 0 unspecified atom stereocenters. The molecule has 0 spiro atoms. The number of amides is 4. The maximum absolute atomic E-state index is 13.7. The second kappa shape index (κ2) is 17.8. The van der Waals surface area contributed by atoms with Gasteiger partial charge in [0.25, 0.3) is 5.91 Å². The molecule has 2 saturated heterocycles. The first-order chi connectivity index (χ1) is 27.0. The SMILES string of the molecule is COCC[C@H](NC(=O)OC)C(=O)N1CCC[C@H]1c1ncc(-c2ccc(-c3ccc(-c4cnc([C@@H]5CCCN5C(=O)[C@](C)(CCOC)OC(N)=O)[nH]4)cc3)cc2)[nH]1. The molecule has 5 N–H and O–H groups in total. The highest BCUT2D eigenvalue weighted by Crippen LogP contribution is 2.36. The number of carbonyl (C=O) groups excluding carboxylic acids is 4. The summed E-state index contributed by atoms with van der Waals surface area (Å²) < 4.78 is 20.4. The van der Waals surface area contributed by atoms with Crippen molar-refractivity contribution in [2.75, 3.05) is 47.6 Å². The van der Waals surface area contributed by atoms with E-state index in [-0.39, 0.29) is 36.9 Å². The first-order valence-corrected chi connectivity index (χ1v) is 18.8. The Hall–Kier alpha value is -5.74. The third kappa shape index (κ3) is 8.87. The van der Waals surface area contributed by atoms with Crippen LogP contribution >= 0.6 is 0 Å². The maximum atomic E-state index is 13.7. The van der Waals surface area contributed by atoms with Crippen molar-refractivity contribution >= 4 is 24.0 Å². The predicted octanol–water partition coefficient (Wildman–Crippen LogP) is 5.11. The van der Waals surface area contributed by atoms with Crippen molar-refractivity contribution < 1.29 is 38.1 Å². The van der Waals surface area contributed by atoms with Crippen molar-refractivity contribution in [1.82, 2.24) is 35.1 Å². The Morgan fingerprint density at radius 2 is 1.30 bits per heavy atom. The van der Waals surface area contributed by atoms with E-state index in [2.05, 4.69) is 37.4 Å². The number of ether oxygens (including phenoxy) is 4. The molecule has 16 heteroatoms. The number of hydrogen-bond acceptors (Lipinski definition) is 10. The van der Waals surface area contributed by atoms with Gasteiger partial charge in [-0.15, -0.1) is 0 Å². The van der Waals surface area contributed by atoms with Gasteiger partial charge in [-0.25, -0.2) is 19.6 Å². The molecule has 298 valence electrons. The molecule has 2 aromatic carbocycles. The number of hydrogen-bond donors (Lipinski definition) is 4. The van der Waals surface area contributed by atoms with Crippen LogP contribution in [0.4, 0.5) is 9.59 Å². The van der Waals surface area contributed by atoms with Gasteiger partial charge in [0, 0.05) is 46.8 Å². The Morgan fingerprint density at radius 1 is 0.804 bits per heavy atom. The summed E-state index contributed by atoms with van der Waals surface area (Å²) in [5.41, 5.74) is 9.49. The molecule has 4 aromatic rings. The van der Waals surface area contributed by atoms with Crippen LogP contribution in [-0.2, 0) is 28.5 Å². The van der Waals surface area contributed by atoms with Gasteiger partial charge in [-0.05, 0) is 54.9 Å². The first kappa shape index (κ1) is 39.9. The van der Waals surface area contributed by atoms with E-state index in [1.807, 2.05) is 36.4 Å². The van der Waals surface area contributed by atoms with E-state index in [4.69, 9.17) is 24.7 Å². The fourth-order valence-corrected chi connectivity index (χ4v) is 7.52. The second-order valence-electron chi connectivity index (χ2n) is 14.2. The number of nitrogens with one attached hydrogen (secondary N) is 3. The van der Waals surface area contributed by atoms with E-state index in [9.17, 15) is 19.2 Å². The van der Waals surface area contributed by atoms with Crippen LogP contribution in [0, 0.1) is 0 Å². The molecule has 4 atom stereocenters. The average molecular weight is 771 g/mol. The summed E-state index contributed by atoms with van der Waals surface area (Å²) in [6, 6.07) is 15.0. The fourth-order valence-electron chi connectivity index (χ4n) is 7.52. The topological polar surface area (TPSA) is 207 Å². The van der Waals surface area contributed by atoms with Crippen molar-refractivity contribution in [3.8, 4) is 33.6 Å². The molecule has 0 saturated carbocycles. The van der Waals surface area contributed by atoms with Gasteiger partial charge < -0.3 is 49.8 Å². The summed E-state index contributed by atoms with van der Waals surface area (Å²) >= 11 is 0. The summed E-state index contributed by atoms with van der Waals surface area (Å²) in [5.74, 6) is 0.831. The number of imidazole rings is 2. The molecule has 56 heavy (non-hydrogen) atoms. The molecule has 16 nitrogen and oxygen atoms in total. The minimum atomic E-state index is -1.45. The van der Waals surface area contributed by atoms with Gasteiger partial charge in [0.2, 0.25) is 5.91 Å². The Bertz CT molecular complexity index is 1980. The van der Waals surface area contributed by atoms with Gasteiger partial charge in [-0.1, -0.05) is 48.5 Å². The van der Waals surface area contributed by atoms with Gasteiger partial charge in [0.05, 0.1) is 49.6 Å². The molecule has 4 heterocycles. The molecule has 0 radical (unpaired) electrons. The molecule has 0 aliphatic carbocycles. The van der Waals surface area contributed by atoms with E-state index in [1.165, 1.54) is 14.2 Å². The number of benzene rings is 2. The minimum absolute atomic E-state index is 0.177. The summed E-state index contributed by atoms with van der Waals surface area (Å²) in [6.45, 7) is 3.18. The minimum Gasteiger partial charge on any atom is -0.453 e. The van der Waals surface area contributed by atoms with Gasteiger partial charge in [0.1, 0.15) is 17.7 Å². The number of H-pyrrole nitrogens is 2. The summed E-state index contributed by atoms with van der Waals surface area (Å²) in [6.07, 6.45) is 5.45. The van der Waals surface area contributed by atoms with Crippen molar-refractivity contribution in [1.29, 1.82) is 0 Å². The van der Waals surface area contributed by atoms with Gasteiger partial charge in [0.15, 0.2) is 5.60 Å². The molecule has 2 aromatic heterocycles. The van der Waals surface area contributed by atoms with Gasteiger partial charge in [-0.2, -0.15) is 0 Å². The van der Waals surface area contributed by atoms with E-state index >= 15 is 0 Å². The molecular formula is C40H50N8O8. The number of nitrogens with two attached hydrogens (primary N) is 1. The van der Waals surface area contributed by atoms with Crippen LogP contribution in [0.2, 0.25) is 0 Å². The lowest BCUT2D eigenvalue weighted by molar-refractivity contribution is -0.152. The van der Waals surface area contributed by atoms with Crippen LogP contribution in [-0.4, -0.2) is 113 Å². The highest BCUT2D eigenvalue weighted by atomic mass is 16.6. The summed E-state index contributed by atoms with van der Waals surface area (Å²) in [5, 5.41) is 2.64. The van der Waals surface area contributed by atoms with Crippen LogP contribution in [0.15, 0.2) is 60.9 Å². The van der Waals surface area contributed by atoms with E-state index < -0.39 is 23.8 Å². The zero-order valence-corrected chi connectivity index (χ0v) is 32.2. The number of primary amides is 1. The molecule has 6 rings (SSSR count). The maximum Gasteiger partial charge on any atom is 0.407 e. The Morgan fingerprint density at radius 3 is 1.80 bits per heavy atom. The number of aromatic nitrogens is 4. The van der Waals surface area contributed by atoms with Crippen LogP contribution in [0.1, 0.15) is 69.2 Å². The standard InChI is InChI=1S/C40H50N8O8/c1-40(18-22-54-3,56-38(41)51)37(50)48-20-6-8-33(48)35-43-24-31(45-35)28-15-11-26(12-16-28)25-9-13-27(14-10-25)30-23-42-34(44-30)32-7-5-19-47(32)36(49)29(17-21-53-2)46-39(52)55-4/h9-16,23-24,29,32-33H,5-8,17-22H2,1-4H3,(H2,41,51)(H,42,44)(H,43,45)(H,46,52)/t29-,32-,33-,40-/m0/s1. The lowest BCUT2D eigenvalue weighted by atomic mass is 9.99. The molecule has 2 fully saturated rings. The van der Waals surface area contributed by atoms with Gasteiger partial charge in [-0.3, -0.25) is 9.59 Å². The van der Waals surface area contributed by atoms with Gasteiger partial charge >= 0.3 is 12.2 Å². The number of likely N-dealkylation sites (tertiary alicyclic amines) is 2. The monoisotopic (exact) mass is 770 g/mol. The zero-order valence-electron chi connectivity index (χ0n) is 32.2. The molecule has 2 aliphatic heterocycles. The van der Waals surface area contributed by atoms with E-state index in [1.54, 1.807) is 36.2 Å². The van der Waals surface area contributed by atoms with Crippen LogP contribution in [0.3, 0.4) is 0 Å². The molecule has 2 aliphatic rings. The third-order valence-corrected chi connectivity index (χ3v) is 10.5. The number of carbonyl (C=O) groups is 4. The van der Waals surface area contributed by atoms with Crippen LogP contribution in [0.5, 0.6) is 0 Å². The van der Waals surface area contributed by atoms with Crippen molar-refractivity contribution in [3.63, 3.8) is 0 Å². The normalized spacial score (nSPS) is 18.4. The number of rotatable bonds is 15. The highest BCUT2D eigenvalue weighted by Gasteiger charge is 2.44. The first-order valence-electron chi connectivity index (χ1n) is 18.8. The molecular weight excluding hydrogens is 720 g/mol. The Labute approximate surface area is 325 Å². The second-order valence-corrected chi connectivity index (χ2v) is 14.2. The fraction of sp³-hybridized carbons (Fsp3) is 0.450. The van der Waals surface area contributed by atoms with Crippen molar-refractivity contribution in [2.24, 2.45) is 5.73 Å². The lowest BCUT2D eigenvalue weighted by Gasteiger charge is -2.34. The van der Waals surface area contributed by atoms with Crippen LogP contribution in [0.25, 0.3) is 33.6 Å². The van der Waals surface area contributed by atoms with E-state index in [0.717, 1.165) is 59.3 Å². The third-order valence-electron chi connectivity index (χ3n) is 10.5. The highest BCUT2D eigenvalue weighted by molar-refractivity contribution is 5.88. The number of alkyl carbamates (subject to hydrolysis) is 1. The molecule has 0 bridgehead atoms. The predicted molar refractivity (Wildman–Crippen MR) is 206 cm³/mol. The smallest absolute Gasteiger partial charge is 0.407 e. The van der Waals surface area contributed by atoms with E-state index in [0.29, 0.717) is 37.8 Å². The Kier molecular flexibility index (Phi) is 12.7. The largest absolute Gasteiger partial charge is 0.453 e. The zero-order chi connectivity index (χ0) is 39.8. The quantitative estimate of drug-likeness (QED) is 0.126. The summed E-state index contributed by atoms with van der Waals surface area (Å²) in [7, 11) is 4.34. The lowest BCUT2D eigenvalue weighted by Crippen LogP contribution is -2.51. The van der Waals surface area contributed by atoms with Crippen LogP contribution < -0.4 is 11.1 Å². The summed E-state index contributed by atoms with van der Waals surface area (Å²) in [4.78, 5) is 70.4.